The second-order valence-electron chi connectivity index (χ2n) is 7.18. The first-order chi connectivity index (χ1) is 16.1. The molecule has 0 bridgehead atoms. The molecule has 1 aliphatic heterocycles. The molecule has 3 aromatic rings. The van der Waals surface area contributed by atoms with Gasteiger partial charge in [-0.25, -0.2) is 13.4 Å². The van der Waals surface area contributed by atoms with Gasteiger partial charge < -0.3 is 5.11 Å². The van der Waals surface area contributed by atoms with E-state index in [2.05, 4.69) is 9.71 Å². The normalized spacial score (nSPS) is 16.1. The highest BCUT2D eigenvalue weighted by Gasteiger charge is 2.43. The molecule has 0 aliphatic carbocycles. The van der Waals surface area contributed by atoms with Crippen LogP contribution in [0.3, 0.4) is 0 Å². The molecule has 4 rings (SSSR count). The number of nitro groups is 1. The van der Waals surface area contributed by atoms with Gasteiger partial charge in [-0.2, -0.15) is 0 Å². The van der Waals surface area contributed by atoms with E-state index in [-0.39, 0.29) is 27.0 Å². The molecule has 1 aromatic heterocycles. The highest BCUT2D eigenvalue weighted by Crippen LogP contribution is 2.41. The third kappa shape index (κ3) is 4.13. The Kier molecular flexibility index (Phi) is 5.89. The number of aromatic nitrogens is 1. The molecule has 0 saturated heterocycles. The topological polar surface area (TPSA) is 160 Å². The van der Waals surface area contributed by atoms with Gasteiger partial charge in [0, 0.05) is 29.4 Å². The van der Waals surface area contributed by atoms with Crippen LogP contribution >= 0.6 is 11.3 Å². The van der Waals surface area contributed by atoms with Gasteiger partial charge in [0.1, 0.15) is 0 Å². The lowest BCUT2D eigenvalue weighted by molar-refractivity contribution is -0.384. The molecule has 0 radical (unpaired) electrons. The molecular formula is C21H16N4O7S2. The molecule has 0 spiro atoms. The maximum atomic E-state index is 12.9. The van der Waals surface area contributed by atoms with Gasteiger partial charge in [0.2, 0.25) is 0 Å². The Morgan fingerprint density at radius 3 is 2.35 bits per heavy atom. The lowest BCUT2D eigenvalue weighted by atomic mass is 9.96. The lowest BCUT2D eigenvalue weighted by Crippen LogP contribution is -2.30. The first kappa shape index (κ1) is 23.1. The van der Waals surface area contributed by atoms with Crippen LogP contribution in [0.15, 0.2) is 76.3 Å². The number of amides is 1. The summed E-state index contributed by atoms with van der Waals surface area (Å²) in [7, 11) is -3.93. The van der Waals surface area contributed by atoms with Crippen LogP contribution in [0.25, 0.3) is 0 Å². The number of benzene rings is 2. The standard InChI is InChI=1S/C21H16N4O7S2/c1-12(26)17-18(13-2-4-15(5-3-13)25(29)30)24(20(28)19(17)27)14-6-8-16(9-7-14)34(31,32)23-21-22-10-11-33-21/h2-11,18,27H,1H3,(H,22,23)/t18-/m0/s1. The number of carbonyl (C=O) groups excluding carboxylic acids is 2. The van der Waals surface area contributed by atoms with Crippen LogP contribution in [0, 0.1) is 10.1 Å². The van der Waals surface area contributed by atoms with E-state index in [1.54, 1.807) is 5.38 Å². The minimum Gasteiger partial charge on any atom is -0.503 e. The first-order valence-corrected chi connectivity index (χ1v) is 12.0. The second kappa shape index (κ2) is 8.68. The van der Waals surface area contributed by atoms with Crippen molar-refractivity contribution in [3.8, 4) is 0 Å². The average molecular weight is 501 g/mol. The number of rotatable bonds is 7. The van der Waals surface area contributed by atoms with Crippen LogP contribution in [0.4, 0.5) is 16.5 Å². The minimum atomic E-state index is -3.93. The summed E-state index contributed by atoms with van der Waals surface area (Å²) < 4.78 is 27.5. The van der Waals surface area contributed by atoms with Gasteiger partial charge in [-0.3, -0.25) is 29.3 Å². The molecule has 13 heteroatoms. The molecule has 1 aliphatic rings. The third-order valence-electron chi connectivity index (χ3n) is 5.09. The number of aliphatic hydroxyl groups is 1. The van der Waals surface area contributed by atoms with E-state index in [9.17, 15) is 33.2 Å². The van der Waals surface area contributed by atoms with Crippen molar-refractivity contribution in [2.45, 2.75) is 17.9 Å². The van der Waals surface area contributed by atoms with E-state index >= 15 is 0 Å². The SMILES string of the molecule is CC(=O)C1=C(O)C(=O)N(c2ccc(S(=O)(=O)Nc3nccs3)cc2)[C@H]1c1ccc([N+](=O)[O-])cc1. The number of thiazole rings is 1. The summed E-state index contributed by atoms with van der Waals surface area (Å²) in [4.78, 5) is 40.5. The number of anilines is 2. The molecule has 34 heavy (non-hydrogen) atoms. The van der Waals surface area contributed by atoms with Crippen molar-refractivity contribution < 1.29 is 28.0 Å². The maximum Gasteiger partial charge on any atom is 0.294 e. The molecule has 1 amide bonds. The lowest BCUT2D eigenvalue weighted by Gasteiger charge is -2.26. The van der Waals surface area contributed by atoms with Crippen molar-refractivity contribution in [2.24, 2.45) is 0 Å². The molecule has 2 N–H and O–H groups in total. The van der Waals surface area contributed by atoms with E-state index < -0.39 is 38.4 Å². The molecular weight excluding hydrogens is 484 g/mol. The summed E-state index contributed by atoms with van der Waals surface area (Å²) in [6, 6.07) is 9.45. The number of nitrogens with one attached hydrogen (secondary N) is 1. The number of aliphatic hydroxyl groups excluding tert-OH is 1. The summed E-state index contributed by atoms with van der Waals surface area (Å²) in [5.74, 6) is -2.15. The largest absolute Gasteiger partial charge is 0.503 e. The summed E-state index contributed by atoms with van der Waals surface area (Å²) in [5, 5.41) is 23.2. The van der Waals surface area contributed by atoms with Crippen molar-refractivity contribution in [2.75, 3.05) is 9.62 Å². The molecule has 0 fully saturated rings. The molecule has 1 atom stereocenters. The number of non-ortho nitro benzene ring substituents is 1. The van der Waals surface area contributed by atoms with Crippen LogP contribution in [0.1, 0.15) is 18.5 Å². The van der Waals surface area contributed by atoms with Gasteiger partial charge in [-0.15, -0.1) is 11.3 Å². The fourth-order valence-electron chi connectivity index (χ4n) is 3.56. The van der Waals surface area contributed by atoms with Crippen molar-refractivity contribution >= 4 is 49.6 Å². The Balaban J connectivity index is 1.72. The molecule has 0 saturated carbocycles. The Morgan fingerprint density at radius 1 is 1.18 bits per heavy atom. The van der Waals surface area contributed by atoms with E-state index in [1.807, 2.05) is 0 Å². The van der Waals surface area contributed by atoms with Gasteiger partial charge in [-0.05, 0) is 48.9 Å². The Hall–Kier alpha value is -4.10. The summed E-state index contributed by atoms with van der Waals surface area (Å²) in [6.07, 6.45) is 1.45. The predicted molar refractivity (Wildman–Crippen MR) is 123 cm³/mol. The van der Waals surface area contributed by atoms with Crippen LogP contribution < -0.4 is 9.62 Å². The highest BCUT2D eigenvalue weighted by molar-refractivity contribution is 7.93. The zero-order valence-corrected chi connectivity index (χ0v) is 19.0. The fraction of sp³-hybridized carbons (Fsp3) is 0.0952. The van der Waals surface area contributed by atoms with E-state index in [1.165, 1.54) is 61.7 Å². The van der Waals surface area contributed by atoms with Crippen molar-refractivity contribution in [1.29, 1.82) is 0 Å². The fourth-order valence-corrected chi connectivity index (χ4v) is 5.35. The van der Waals surface area contributed by atoms with Crippen LogP contribution in [0.2, 0.25) is 0 Å². The number of nitro benzene ring substituents is 1. The first-order valence-electron chi connectivity index (χ1n) is 9.64. The average Bonchev–Trinajstić information content (AvgIpc) is 3.39. The summed E-state index contributed by atoms with van der Waals surface area (Å²) in [6.45, 7) is 1.20. The smallest absolute Gasteiger partial charge is 0.294 e. The summed E-state index contributed by atoms with van der Waals surface area (Å²) >= 11 is 1.11. The number of ketones is 1. The molecule has 2 heterocycles. The van der Waals surface area contributed by atoms with Gasteiger partial charge in [0.15, 0.2) is 16.7 Å². The highest BCUT2D eigenvalue weighted by atomic mass is 32.2. The van der Waals surface area contributed by atoms with E-state index in [0.717, 1.165) is 16.2 Å². The van der Waals surface area contributed by atoms with Crippen LogP contribution in [-0.4, -0.2) is 35.1 Å². The van der Waals surface area contributed by atoms with Crippen LogP contribution in [0.5, 0.6) is 0 Å². The van der Waals surface area contributed by atoms with Crippen LogP contribution in [-0.2, 0) is 19.6 Å². The van der Waals surface area contributed by atoms with E-state index in [0.29, 0.717) is 5.56 Å². The summed E-state index contributed by atoms with van der Waals surface area (Å²) in [5.41, 5.74) is 0.222. The predicted octanol–water partition coefficient (Wildman–Crippen LogP) is 3.34. The quantitative estimate of drug-likeness (QED) is 0.369. The number of sulfonamides is 1. The Morgan fingerprint density at radius 2 is 1.82 bits per heavy atom. The number of hydrogen-bond donors (Lipinski definition) is 2. The van der Waals surface area contributed by atoms with Crippen molar-refractivity contribution in [3.05, 3.63) is 87.1 Å². The zero-order chi connectivity index (χ0) is 24.6. The van der Waals surface area contributed by atoms with Gasteiger partial charge in [0.25, 0.3) is 21.6 Å². The Bertz CT molecular complexity index is 1410. The Labute approximate surface area is 197 Å². The van der Waals surface area contributed by atoms with Gasteiger partial charge in [-0.1, -0.05) is 0 Å². The second-order valence-corrected chi connectivity index (χ2v) is 9.76. The minimum absolute atomic E-state index is 0.0889. The number of carbonyl (C=O) groups is 2. The third-order valence-corrected chi connectivity index (χ3v) is 7.26. The number of hydrogen-bond acceptors (Lipinski definition) is 9. The van der Waals surface area contributed by atoms with Gasteiger partial charge in [0.05, 0.1) is 21.4 Å². The van der Waals surface area contributed by atoms with Gasteiger partial charge >= 0.3 is 0 Å². The number of nitrogens with zero attached hydrogens (tertiary/aromatic N) is 3. The molecule has 2 aromatic carbocycles. The van der Waals surface area contributed by atoms with Crippen molar-refractivity contribution in [3.63, 3.8) is 0 Å². The molecule has 0 unspecified atom stereocenters. The van der Waals surface area contributed by atoms with E-state index in [4.69, 9.17) is 0 Å². The zero-order valence-electron chi connectivity index (χ0n) is 17.4. The molecule has 174 valence electrons. The monoisotopic (exact) mass is 500 g/mol. The number of Topliss-reactive ketones (excluding diaryl/α,β-unsaturated/α-hetero) is 1. The molecule has 11 nitrogen and oxygen atoms in total. The maximum absolute atomic E-state index is 12.9. The van der Waals surface area contributed by atoms with Crippen molar-refractivity contribution in [1.82, 2.24) is 4.98 Å².